The number of hydrogen-bond acceptors (Lipinski definition) is 7. The highest BCUT2D eigenvalue weighted by molar-refractivity contribution is 7.13. The summed E-state index contributed by atoms with van der Waals surface area (Å²) in [6.45, 7) is 12.5. The van der Waals surface area contributed by atoms with Crippen molar-refractivity contribution in [1.29, 1.82) is 0 Å². The molecule has 2 N–H and O–H groups in total. The molecule has 4 aromatic rings. The highest BCUT2D eigenvalue weighted by Crippen LogP contribution is 2.39. The molecule has 1 aromatic carbocycles. The van der Waals surface area contributed by atoms with Crippen molar-refractivity contribution in [2.45, 2.75) is 45.8 Å². The fourth-order valence-corrected chi connectivity index (χ4v) is 6.68. The molecule has 1 aliphatic rings. The number of likely N-dealkylation sites (N-methyl/N-ethyl adjacent to an activating group) is 1. The average Bonchev–Trinajstić information content (AvgIpc) is 3.53. The number of fused-ring (bicyclic) bond motifs is 1. The molecular weight excluding hydrogens is 603 g/mol. The fraction of sp³-hybridized carbons (Fsp3) is 0.438. The number of hydrogen-bond donors (Lipinski definition) is 2. The number of piperidine rings is 1. The Morgan fingerprint density at radius 3 is 2.64 bits per heavy atom. The van der Waals surface area contributed by atoms with Crippen LogP contribution in [0.15, 0.2) is 52.9 Å². The quantitative estimate of drug-likeness (QED) is 0.210. The van der Waals surface area contributed by atoms with E-state index in [2.05, 4.69) is 48.8 Å². The zero-order valence-electron chi connectivity index (χ0n) is 25.7. The lowest BCUT2D eigenvalue weighted by Crippen LogP contribution is -2.41. The fourth-order valence-electron chi connectivity index (χ4n) is 5.83. The summed E-state index contributed by atoms with van der Waals surface area (Å²) >= 11 is 0.852. The number of benzene rings is 1. The third-order valence-corrected chi connectivity index (χ3v) is 9.12. The van der Waals surface area contributed by atoms with Crippen LogP contribution in [0.4, 0.5) is 23.8 Å². The van der Waals surface area contributed by atoms with Crippen molar-refractivity contribution < 1.29 is 18.0 Å². The molecule has 2 amide bonds. The number of urea groups is 1. The molecule has 1 aliphatic heterocycles. The molecule has 0 spiro atoms. The van der Waals surface area contributed by atoms with Crippen LogP contribution in [0.3, 0.4) is 0 Å². The lowest BCUT2D eigenvalue weighted by molar-refractivity contribution is -0.140. The van der Waals surface area contributed by atoms with Crippen LogP contribution in [0, 0.1) is 0 Å². The van der Waals surface area contributed by atoms with E-state index < -0.39 is 17.9 Å². The lowest BCUT2D eigenvalue weighted by atomic mass is 9.99. The average molecular weight is 642 g/mol. The molecule has 9 nitrogen and oxygen atoms in total. The number of amides is 2. The Kier molecular flexibility index (Phi) is 10.2. The van der Waals surface area contributed by atoms with Gasteiger partial charge in [0.25, 0.3) is 0 Å². The maximum Gasteiger partial charge on any atom is 0.434 e. The van der Waals surface area contributed by atoms with Crippen LogP contribution in [0.25, 0.3) is 32.6 Å². The molecule has 3 aromatic heterocycles. The Hall–Kier alpha value is -3.81. The number of thiazole rings is 1. The molecule has 1 saturated heterocycles. The standard InChI is InChI=1S/C32H38F3N7O2S/c1-4-36-31(44)39-29-17-23(30-38-28(20-45-30)32(33,34)35)25(18-37-29)21-9-10-26-24(16-21)27(43)11-13-42(26)22-8-7-12-41(19-22)15-14-40(5-2)6-3/h9-11,13,16-18,20,22H,4-8,12,14-15,19H2,1-3H3,(H2,36,37,39,44). The highest BCUT2D eigenvalue weighted by Gasteiger charge is 2.34. The van der Waals surface area contributed by atoms with Gasteiger partial charge in [-0.2, -0.15) is 13.2 Å². The smallest absolute Gasteiger partial charge is 0.343 e. The van der Waals surface area contributed by atoms with Gasteiger partial charge in [0.1, 0.15) is 10.8 Å². The molecular formula is C32H38F3N7O2S. The molecule has 240 valence electrons. The molecule has 0 aliphatic carbocycles. The summed E-state index contributed by atoms with van der Waals surface area (Å²) in [5.74, 6) is 0.162. The number of pyridine rings is 2. The van der Waals surface area contributed by atoms with Crippen molar-refractivity contribution in [3.8, 4) is 21.7 Å². The van der Waals surface area contributed by atoms with E-state index in [9.17, 15) is 22.8 Å². The summed E-state index contributed by atoms with van der Waals surface area (Å²) in [6, 6.07) is 8.33. The topological polar surface area (TPSA) is 95.4 Å². The monoisotopic (exact) mass is 641 g/mol. The normalized spacial score (nSPS) is 15.9. The van der Waals surface area contributed by atoms with Crippen molar-refractivity contribution in [1.82, 2.24) is 29.7 Å². The Bertz CT molecular complexity index is 1700. The predicted octanol–water partition coefficient (Wildman–Crippen LogP) is 6.33. The number of nitrogens with zero attached hydrogens (tertiary/aromatic N) is 5. The van der Waals surface area contributed by atoms with E-state index in [0.29, 0.717) is 28.6 Å². The van der Waals surface area contributed by atoms with Gasteiger partial charge in [-0.1, -0.05) is 19.9 Å². The predicted molar refractivity (Wildman–Crippen MR) is 173 cm³/mol. The number of likely N-dealkylation sites (tertiary alicyclic amines) is 1. The number of halogens is 3. The summed E-state index contributed by atoms with van der Waals surface area (Å²) in [7, 11) is 0. The minimum atomic E-state index is -4.60. The molecule has 45 heavy (non-hydrogen) atoms. The van der Waals surface area contributed by atoms with Gasteiger partial charge in [-0.25, -0.2) is 14.8 Å². The first-order valence-electron chi connectivity index (χ1n) is 15.3. The van der Waals surface area contributed by atoms with Crippen LogP contribution in [0.5, 0.6) is 0 Å². The summed E-state index contributed by atoms with van der Waals surface area (Å²) in [5, 5.41) is 6.82. The van der Waals surface area contributed by atoms with Gasteiger partial charge < -0.3 is 19.7 Å². The van der Waals surface area contributed by atoms with E-state index in [4.69, 9.17) is 0 Å². The summed E-state index contributed by atoms with van der Waals surface area (Å²) in [5.41, 5.74) is 1.14. The molecule has 1 unspecified atom stereocenters. The van der Waals surface area contributed by atoms with Crippen LogP contribution in [-0.2, 0) is 6.18 Å². The van der Waals surface area contributed by atoms with Crippen LogP contribution in [0.1, 0.15) is 45.3 Å². The molecule has 13 heteroatoms. The summed E-state index contributed by atoms with van der Waals surface area (Å²) in [6.07, 6.45) is 0.822. The van der Waals surface area contributed by atoms with Gasteiger partial charge >= 0.3 is 12.2 Å². The van der Waals surface area contributed by atoms with E-state index in [-0.39, 0.29) is 22.3 Å². The Labute approximate surface area is 264 Å². The molecule has 0 saturated carbocycles. The molecule has 5 rings (SSSR count). The van der Waals surface area contributed by atoms with Gasteiger partial charge in [-0.05, 0) is 63.2 Å². The maximum absolute atomic E-state index is 13.4. The second-order valence-electron chi connectivity index (χ2n) is 11.1. The molecule has 0 radical (unpaired) electrons. The number of nitrogens with one attached hydrogen (secondary N) is 2. The Morgan fingerprint density at radius 2 is 1.93 bits per heavy atom. The lowest BCUT2D eigenvalue weighted by Gasteiger charge is -2.35. The largest absolute Gasteiger partial charge is 0.434 e. The number of carbonyl (C=O) groups is 1. The molecule has 1 fully saturated rings. The van der Waals surface area contributed by atoms with Crippen LogP contribution in [0.2, 0.25) is 0 Å². The first kappa shape index (κ1) is 32.6. The molecule has 4 heterocycles. The molecule has 0 bridgehead atoms. The van der Waals surface area contributed by atoms with Crippen molar-refractivity contribution >= 4 is 34.1 Å². The van der Waals surface area contributed by atoms with E-state index in [0.717, 1.165) is 74.3 Å². The SMILES string of the molecule is CCNC(=O)Nc1cc(-c2nc(C(F)(F)F)cs2)c(-c2ccc3c(c2)c(=O)ccn3C2CCCN(CCN(CC)CC)C2)cn1. The van der Waals surface area contributed by atoms with Gasteiger partial charge in [-0.15, -0.1) is 11.3 Å². The second kappa shape index (κ2) is 14.1. The maximum atomic E-state index is 13.4. The number of anilines is 1. The number of carbonyl (C=O) groups excluding carboxylic acids is 1. The van der Waals surface area contributed by atoms with E-state index >= 15 is 0 Å². The van der Waals surface area contributed by atoms with Crippen molar-refractivity contribution in [2.75, 3.05) is 51.1 Å². The Balaban J connectivity index is 1.51. The van der Waals surface area contributed by atoms with Crippen LogP contribution >= 0.6 is 11.3 Å². The van der Waals surface area contributed by atoms with E-state index in [1.165, 1.54) is 12.3 Å². The van der Waals surface area contributed by atoms with E-state index in [1.807, 2.05) is 18.3 Å². The minimum Gasteiger partial charge on any atom is -0.343 e. The van der Waals surface area contributed by atoms with Gasteiger partial charge in [-0.3, -0.25) is 10.1 Å². The van der Waals surface area contributed by atoms with Crippen molar-refractivity contribution in [2.24, 2.45) is 0 Å². The minimum absolute atomic E-state index is 0.122. The van der Waals surface area contributed by atoms with Crippen molar-refractivity contribution in [3.63, 3.8) is 0 Å². The van der Waals surface area contributed by atoms with Crippen LogP contribution < -0.4 is 16.1 Å². The third-order valence-electron chi connectivity index (χ3n) is 8.25. The highest BCUT2D eigenvalue weighted by atomic mass is 32.1. The first-order valence-corrected chi connectivity index (χ1v) is 16.2. The third kappa shape index (κ3) is 7.54. The molecule has 1 atom stereocenters. The number of alkyl halides is 3. The zero-order chi connectivity index (χ0) is 32.1. The van der Waals surface area contributed by atoms with E-state index in [1.54, 1.807) is 19.1 Å². The zero-order valence-corrected chi connectivity index (χ0v) is 26.5. The van der Waals surface area contributed by atoms with Crippen molar-refractivity contribution in [3.05, 3.63) is 64.0 Å². The van der Waals surface area contributed by atoms with Gasteiger partial charge in [0, 0.05) is 72.6 Å². The van der Waals surface area contributed by atoms with Gasteiger partial charge in [0.15, 0.2) is 11.1 Å². The first-order chi connectivity index (χ1) is 21.6. The van der Waals surface area contributed by atoms with Gasteiger partial charge in [0.05, 0.1) is 5.52 Å². The number of rotatable bonds is 10. The Morgan fingerprint density at radius 1 is 1.13 bits per heavy atom. The van der Waals surface area contributed by atoms with Gasteiger partial charge in [0.2, 0.25) is 0 Å². The number of aromatic nitrogens is 3. The summed E-state index contributed by atoms with van der Waals surface area (Å²) < 4.78 is 42.5. The second-order valence-corrected chi connectivity index (χ2v) is 11.9. The van der Waals surface area contributed by atoms with Crippen LogP contribution in [-0.4, -0.2) is 76.2 Å². The summed E-state index contributed by atoms with van der Waals surface area (Å²) in [4.78, 5) is 38.4.